The van der Waals surface area contributed by atoms with E-state index in [-0.39, 0.29) is 30.0 Å². The summed E-state index contributed by atoms with van der Waals surface area (Å²) in [7, 11) is 2.82. The molecule has 8 heteroatoms. The van der Waals surface area contributed by atoms with Crippen LogP contribution in [-0.2, 0) is 14.3 Å². The molecule has 0 bridgehead atoms. The first-order valence-electron chi connectivity index (χ1n) is 8.14. The van der Waals surface area contributed by atoms with Crippen molar-refractivity contribution in [2.45, 2.75) is 6.04 Å². The molecule has 27 heavy (non-hydrogen) atoms. The number of likely N-dealkylation sites (tertiary alicyclic amines) is 1. The Morgan fingerprint density at radius 1 is 1.30 bits per heavy atom. The lowest BCUT2D eigenvalue weighted by molar-refractivity contribution is -0.140. The number of rotatable bonds is 6. The number of hydrogen-bond acceptors (Lipinski definition) is 6. The monoisotopic (exact) mass is 375 g/mol. The van der Waals surface area contributed by atoms with Crippen LogP contribution in [0.5, 0.6) is 5.75 Å². The molecule has 7 nitrogen and oxygen atoms in total. The van der Waals surface area contributed by atoms with Crippen LogP contribution in [0, 0.1) is 5.82 Å². The third kappa shape index (κ3) is 3.31. The molecule has 1 N–H and O–H groups in total. The Morgan fingerprint density at radius 3 is 2.70 bits per heavy atom. The molecule has 0 aliphatic carbocycles. The minimum absolute atomic E-state index is 0.0289. The van der Waals surface area contributed by atoms with E-state index >= 15 is 0 Å². The highest BCUT2D eigenvalue weighted by molar-refractivity contribution is 6.46. The minimum atomic E-state index is -0.955. The number of carbonyl (C=O) groups excluding carboxylic acids is 2. The molecule has 1 fully saturated rings. The van der Waals surface area contributed by atoms with Crippen molar-refractivity contribution in [3.63, 3.8) is 0 Å². The number of Topliss-reactive ketones (excluding diaryl/α,β-unsaturated/α-hetero) is 1. The number of carbonyl (C=O) groups is 2. The summed E-state index contributed by atoms with van der Waals surface area (Å²) in [6.07, 6.45) is 1.40. The number of ketones is 1. The van der Waals surface area contributed by atoms with E-state index in [0.717, 1.165) is 12.1 Å². The molecule has 1 amide bonds. The molecule has 1 saturated heterocycles. The standard InChI is InChI=1S/C19H18FNO6/c1-25-9-7-21-16(14-4-3-8-27-14)15(18(23)19(21)24)17(22)12-10-11(20)5-6-13(12)26-2/h3-6,8,10,16,22H,7,9H2,1-2H3/b17-15-. The first-order chi connectivity index (χ1) is 13.0. The Kier molecular flexibility index (Phi) is 5.27. The molecule has 142 valence electrons. The van der Waals surface area contributed by atoms with Crippen molar-refractivity contribution in [1.29, 1.82) is 0 Å². The summed E-state index contributed by atoms with van der Waals surface area (Å²) in [5, 5.41) is 10.8. The summed E-state index contributed by atoms with van der Waals surface area (Å²) in [6.45, 7) is 0.303. The van der Waals surface area contributed by atoms with Crippen LogP contribution in [0.15, 0.2) is 46.6 Å². The molecule has 1 unspecified atom stereocenters. The number of amides is 1. The van der Waals surface area contributed by atoms with Gasteiger partial charge in [0.15, 0.2) is 0 Å². The maximum absolute atomic E-state index is 13.7. The molecule has 1 aromatic heterocycles. The van der Waals surface area contributed by atoms with Crippen LogP contribution in [0.3, 0.4) is 0 Å². The van der Waals surface area contributed by atoms with Crippen LogP contribution in [-0.4, -0.2) is 49.1 Å². The van der Waals surface area contributed by atoms with Gasteiger partial charge in [-0.25, -0.2) is 4.39 Å². The summed E-state index contributed by atoms with van der Waals surface area (Å²) in [6, 6.07) is 5.77. The molecular weight excluding hydrogens is 357 g/mol. The average molecular weight is 375 g/mol. The van der Waals surface area contributed by atoms with Crippen LogP contribution in [0.1, 0.15) is 17.4 Å². The zero-order valence-corrected chi connectivity index (χ0v) is 14.8. The van der Waals surface area contributed by atoms with E-state index < -0.39 is 29.3 Å². The lowest BCUT2D eigenvalue weighted by Gasteiger charge is -2.23. The van der Waals surface area contributed by atoms with Gasteiger partial charge in [0.2, 0.25) is 0 Å². The van der Waals surface area contributed by atoms with E-state index in [1.165, 1.54) is 31.4 Å². The second-order valence-corrected chi connectivity index (χ2v) is 5.85. The Labute approximate surface area is 154 Å². The highest BCUT2D eigenvalue weighted by Crippen LogP contribution is 2.40. The van der Waals surface area contributed by atoms with Crippen LogP contribution in [0.4, 0.5) is 4.39 Å². The molecule has 1 aliphatic heterocycles. The number of benzene rings is 1. The van der Waals surface area contributed by atoms with Crippen LogP contribution in [0.2, 0.25) is 0 Å². The third-order valence-electron chi connectivity index (χ3n) is 4.31. The number of methoxy groups -OCH3 is 2. The molecular formula is C19H18FNO6. The van der Waals surface area contributed by atoms with Crippen LogP contribution >= 0.6 is 0 Å². The smallest absolute Gasteiger partial charge is 0.295 e. The number of halogens is 1. The van der Waals surface area contributed by atoms with Gasteiger partial charge in [0.05, 0.1) is 31.1 Å². The summed E-state index contributed by atoms with van der Waals surface area (Å²) in [5.74, 6) is -2.40. The van der Waals surface area contributed by atoms with Crippen molar-refractivity contribution in [1.82, 2.24) is 4.90 Å². The van der Waals surface area contributed by atoms with E-state index in [9.17, 15) is 19.1 Å². The van der Waals surface area contributed by atoms with Gasteiger partial charge >= 0.3 is 0 Å². The SMILES string of the molecule is COCCN1C(=O)C(=O)/C(=C(\O)c2cc(F)ccc2OC)C1c1ccco1. The maximum atomic E-state index is 13.7. The van der Waals surface area contributed by atoms with E-state index in [2.05, 4.69) is 0 Å². The van der Waals surface area contributed by atoms with Crippen LogP contribution in [0.25, 0.3) is 5.76 Å². The van der Waals surface area contributed by atoms with Gasteiger partial charge in [-0.2, -0.15) is 0 Å². The Morgan fingerprint density at radius 2 is 2.07 bits per heavy atom. The van der Waals surface area contributed by atoms with Gasteiger partial charge in [-0.15, -0.1) is 0 Å². The van der Waals surface area contributed by atoms with E-state index in [4.69, 9.17) is 13.9 Å². The molecule has 1 aromatic carbocycles. The van der Waals surface area contributed by atoms with Gasteiger partial charge in [-0.3, -0.25) is 9.59 Å². The highest BCUT2D eigenvalue weighted by Gasteiger charge is 2.47. The Balaban J connectivity index is 2.19. The molecule has 2 aromatic rings. The van der Waals surface area contributed by atoms with E-state index in [1.807, 2.05) is 0 Å². The van der Waals surface area contributed by atoms with Crippen molar-refractivity contribution in [2.75, 3.05) is 27.4 Å². The Hall–Kier alpha value is -3.13. The number of ether oxygens (including phenoxy) is 2. The molecule has 1 aliphatic rings. The molecule has 3 rings (SSSR count). The number of hydrogen-bond donors (Lipinski definition) is 1. The van der Waals surface area contributed by atoms with Gasteiger partial charge in [-0.1, -0.05) is 0 Å². The zero-order valence-electron chi connectivity index (χ0n) is 14.8. The predicted octanol–water partition coefficient (Wildman–Crippen LogP) is 2.50. The second kappa shape index (κ2) is 7.63. The zero-order chi connectivity index (χ0) is 19.6. The van der Waals surface area contributed by atoms with Crippen molar-refractivity contribution >= 4 is 17.4 Å². The van der Waals surface area contributed by atoms with Crippen LogP contribution < -0.4 is 4.74 Å². The minimum Gasteiger partial charge on any atom is -0.507 e. The normalized spacial score (nSPS) is 18.9. The van der Waals surface area contributed by atoms with Crippen molar-refractivity contribution < 1.29 is 33.0 Å². The molecule has 2 heterocycles. The maximum Gasteiger partial charge on any atom is 0.295 e. The quantitative estimate of drug-likeness (QED) is 0.474. The lowest BCUT2D eigenvalue weighted by atomic mass is 9.98. The topological polar surface area (TPSA) is 89.2 Å². The van der Waals surface area contributed by atoms with Crippen molar-refractivity contribution in [3.05, 3.63) is 59.3 Å². The third-order valence-corrected chi connectivity index (χ3v) is 4.31. The first kappa shape index (κ1) is 18.7. The number of aliphatic hydroxyl groups excluding tert-OH is 1. The fourth-order valence-corrected chi connectivity index (χ4v) is 3.05. The molecule has 0 radical (unpaired) electrons. The molecule has 1 atom stereocenters. The van der Waals surface area contributed by atoms with E-state index in [1.54, 1.807) is 12.1 Å². The largest absolute Gasteiger partial charge is 0.507 e. The average Bonchev–Trinajstić information content (AvgIpc) is 3.27. The summed E-state index contributed by atoms with van der Waals surface area (Å²) < 4.78 is 29.3. The number of nitrogens with zero attached hydrogens (tertiary/aromatic N) is 1. The summed E-state index contributed by atoms with van der Waals surface area (Å²) in [5.41, 5.74) is -0.228. The molecule has 0 spiro atoms. The fourth-order valence-electron chi connectivity index (χ4n) is 3.05. The fraction of sp³-hybridized carbons (Fsp3) is 0.263. The Bertz CT molecular complexity index is 890. The van der Waals surface area contributed by atoms with Gasteiger partial charge in [0, 0.05) is 13.7 Å². The second-order valence-electron chi connectivity index (χ2n) is 5.85. The first-order valence-corrected chi connectivity index (χ1v) is 8.14. The van der Waals surface area contributed by atoms with Gasteiger partial charge in [0.1, 0.15) is 29.1 Å². The van der Waals surface area contributed by atoms with Gasteiger partial charge < -0.3 is 23.9 Å². The van der Waals surface area contributed by atoms with Crippen molar-refractivity contribution in [3.8, 4) is 5.75 Å². The van der Waals surface area contributed by atoms with Gasteiger partial charge in [-0.05, 0) is 30.3 Å². The lowest BCUT2D eigenvalue weighted by Crippen LogP contribution is -2.32. The van der Waals surface area contributed by atoms with Crippen molar-refractivity contribution in [2.24, 2.45) is 0 Å². The number of aliphatic hydroxyl groups is 1. The molecule has 0 saturated carbocycles. The summed E-state index contributed by atoms with van der Waals surface area (Å²) in [4.78, 5) is 26.4. The van der Waals surface area contributed by atoms with E-state index in [0.29, 0.717) is 5.76 Å². The number of furan rings is 1. The highest BCUT2D eigenvalue weighted by atomic mass is 19.1. The summed E-state index contributed by atoms with van der Waals surface area (Å²) >= 11 is 0. The predicted molar refractivity (Wildman–Crippen MR) is 92.5 cm³/mol. The van der Waals surface area contributed by atoms with Gasteiger partial charge in [0.25, 0.3) is 11.7 Å².